The molecule has 1 atom stereocenters. The van der Waals surface area contributed by atoms with E-state index in [0.717, 1.165) is 0 Å². The fourth-order valence-electron chi connectivity index (χ4n) is 0.727. The Labute approximate surface area is 53.1 Å². The molecule has 0 spiro atoms. The lowest BCUT2D eigenvalue weighted by Gasteiger charge is -2.02. The van der Waals surface area contributed by atoms with Crippen molar-refractivity contribution in [1.82, 2.24) is 5.48 Å². The maximum Gasteiger partial charge on any atom is 0.337 e. The molecule has 1 unspecified atom stereocenters. The number of nitrogens with one attached hydrogen (secondary N) is 1. The monoisotopic (exact) mass is 131 g/mol. The van der Waals surface area contributed by atoms with E-state index in [1.54, 1.807) is 7.05 Å². The minimum absolute atomic E-state index is 0.274. The lowest BCUT2D eigenvalue weighted by atomic mass is 10.3. The Morgan fingerprint density at radius 1 is 1.89 bits per heavy atom. The van der Waals surface area contributed by atoms with Gasteiger partial charge < -0.3 is 4.74 Å². The molecular weight excluding hydrogens is 122 g/mol. The summed E-state index contributed by atoms with van der Waals surface area (Å²) < 4.78 is 4.61. The van der Waals surface area contributed by atoms with Gasteiger partial charge in [0.1, 0.15) is 0 Å². The second-order valence-corrected chi connectivity index (χ2v) is 1.77. The second-order valence-electron chi connectivity index (χ2n) is 1.77. The van der Waals surface area contributed by atoms with Crippen LogP contribution in [0.1, 0.15) is 6.42 Å². The summed E-state index contributed by atoms with van der Waals surface area (Å²) in [5.74, 6) is -0.274. The van der Waals surface area contributed by atoms with Crippen LogP contribution in [0.4, 0.5) is 0 Å². The summed E-state index contributed by atoms with van der Waals surface area (Å²) in [6.45, 7) is 0.477. The summed E-state index contributed by atoms with van der Waals surface area (Å²) in [7, 11) is 1.62. The van der Waals surface area contributed by atoms with E-state index >= 15 is 0 Å². The topological polar surface area (TPSA) is 47.6 Å². The Hall–Kier alpha value is -0.610. The zero-order valence-corrected chi connectivity index (χ0v) is 5.22. The molecule has 0 saturated carbocycles. The van der Waals surface area contributed by atoms with Gasteiger partial charge in [0.25, 0.3) is 0 Å². The SMILES string of the molecule is CNOC1CCOC1=O. The third-order valence-corrected chi connectivity index (χ3v) is 1.15. The molecule has 1 rings (SSSR count). The molecule has 4 nitrogen and oxygen atoms in total. The van der Waals surface area contributed by atoms with Gasteiger partial charge in [0.2, 0.25) is 0 Å². The molecule has 9 heavy (non-hydrogen) atoms. The Balaban J connectivity index is 2.31. The fraction of sp³-hybridized carbons (Fsp3) is 0.800. The number of carbonyl (C=O) groups excluding carboxylic acids is 1. The van der Waals surface area contributed by atoms with Crippen LogP contribution >= 0.6 is 0 Å². The number of hydrogen-bond donors (Lipinski definition) is 1. The summed E-state index contributed by atoms with van der Waals surface area (Å²) in [6, 6.07) is 0. The van der Waals surface area contributed by atoms with Gasteiger partial charge >= 0.3 is 5.97 Å². The van der Waals surface area contributed by atoms with Crippen LogP contribution in [0.25, 0.3) is 0 Å². The lowest BCUT2D eigenvalue weighted by molar-refractivity contribution is -0.150. The van der Waals surface area contributed by atoms with Gasteiger partial charge in [-0.05, 0) is 0 Å². The molecule has 0 aromatic rings. The van der Waals surface area contributed by atoms with E-state index in [-0.39, 0.29) is 5.97 Å². The van der Waals surface area contributed by atoms with Gasteiger partial charge in [0.05, 0.1) is 6.61 Å². The highest BCUT2D eigenvalue weighted by Gasteiger charge is 2.26. The Kier molecular flexibility index (Phi) is 2.02. The number of cyclic esters (lactones) is 1. The van der Waals surface area contributed by atoms with Crippen molar-refractivity contribution in [2.45, 2.75) is 12.5 Å². The van der Waals surface area contributed by atoms with Gasteiger partial charge in [-0.1, -0.05) is 0 Å². The van der Waals surface area contributed by atoms with E-state index in [1.807, 2.05) is 0 Å². The summed E-state index contributed by atoms with van der Waals surface area (Å²) in [5, 5.41) is 0. The summed E-state index contributed by atoms with van der Waals surface area (Å²) in [6.07, 6.45) is 0.259. The Morgan fingerprint density at radius 3 is 3.11 bits per heavy atom. The Morgan fingerprint density at radius 2 is 2.67 bits per heavy atom. The highest BCUT2D eigenvalue weighted by atomic mass is 16.7. The first-order valence-corrected chi connectivity index (χ1v) is 2.83. The first-order valence-electron chi connectivity index (χ1n) is 2.83. The quantitative estimate of drug-likeness (QED) is 0.403. The molecule has 0 radical (unpaired) electrons. The second kappa shape index (κ2) is 2.80. The molecule has 1 N–H and O–H groups in total. The third kappa shape index (κ3) is 1.40. The summed E-state index contributed by atoms with van der Waals surface area (Å²) >= 11 is 0. The first kappa shape index (κ1) is 6.51. The van der Waals surface area contributed by atoms with Gasteiger partial charge in [-0.15, -0.1) is 0 Å². The van der Waals surface area contributed by atoms with Crippen LogP contribution in [-0.4, -0.2) is 25.7 Å². The molecule has 1 aliphatic heterocycles. The van der Waals surface area contributed by atoms with Crippen LogP contribution in [0.15, 0.2) is 0 Å². The largest absolute Gasteiger partial charge is 0.464 e. The standard InChI is InChI=1S/C5H9NO3/c1-6-9-4-2-3-8-5(4)7/h4,6H,2-3H2,1H3. The van der Waals surface area contributed by atoms with Crippen molar-refractivity contribution >= 4 is 5.97 Å². The highest BCUT2D eigenvalue weighted by Crippen LogP contribution is 2.07. The minimum Gasteiger partial charge on any atom is -0.464 e. The summed E-state index contributed by atoms with van der Waals surface area (Å²) in [4.78, 5) is 15.4. The van der Waals surface area contributed by atoms with E-state index in [2.05, 4.69) is 10.2 Å². The zero-order valence-electron chi connectivity index (χ0n) is 5.22. The van der Waals surface area contributed by atoms with Crippen LogP contribution in [-0.2, 0) is 14.4 Å². The predicted octanol–water partition coefficient (Wildman–Crippen LogP) is -0.547. The van der Waals surface area contributed by atoms with E-state index in [4.69, 9.17) is 4.84 Å². The van der Waals surface area contributed by atoms with E-state index in [9.17, 15) is 4.79 Å². The maximum atomic E-state index is 10.6. The molecule has 0 bridgehead atoms. The molecule has 4 heteroatoms. The Bertz CT molecular complexity index is 115. The summed E-state index contributed by atoms with van der Waals surface area (Å²) in [5.41, 5.74) is 2.44. The van der Waals surface area contributed by atoms with Crippen molar-refractivity contribution in [1.29, 1.82) is 0 Å². The van der Waals surface area contributed by atoms with Crippen molar-refractivity contribution in [3.05, 3.63) is 0 Å². The van der Waals surface area contributed by atoms with Crippen LogP contribution in [0, 0.1) is 0 Å². The number of hydrogen-bond acceptors (Lipinski definition) is 4. The molecule has 0 aromatic carbocycles. The molecule has 1 saturated heterocycles. The fourth-order valence-corrected chi connectivity index (χ4v) is 0.727. The third-order valence-electron chi connectivity index (χ3n) is 1.15. The van der Waals surface area contributed by atoms with Crippen molar-refractivity contribution in [3.8, 4) is 0 Å². The van der Waals surface area contributed by atoms with Crippen LogP contribution in [0.2, 0.25) is 0 Å². The van der Waals surface area contributed by atoms with E-state index < -0.39 is 6.10 Å². The minimum atomic E-state index is -0.394. The van der Waals surface area contributed by atoms with Crippen molar-refractivity contribution in [3.63, 3.8) is 0 Å². The molecule has 1 heterocycles. The van der Waals surface area contributed by atoms with Gasteiger partial charge in [-0.2, -0.15) is 0 Å². The van der Waals surface area contributed by atoms with Crippen LogP contribution in [0.3, 0.4) is 0 Å². The smallest absolute Gasteiger partial charge is 0.337 e. The number of rotatable bonds is 2. The molecule has 52 valence electrons. The van der Waals surface area contributed by atoms with Crippen LogP contribution in [0.5, 0.6) is 0 Å². The molecule has 0 aliphatic carbocycles. The van der Waals surface area contributed by atoms with Crippen molar-refractivity contribution in [2.75, 3.05) is 13.7 Å². The lowest BCUT2D eigenvalue weighted by Crippen LogP contribution is -2.24. The van der Waals surface area contributed by atoms with Gasteiger partial charge in [-0.3, -0.25) is 4.84 Å². The first-order chi connectivity index (χ1) is 4.34. The van der Waals surface area contributed by atoms with Gasteiger partial charge in [0.15, 0.2) is 6.10 Å². The van der Waals surface area contributed by atoms with E-state index in [0.29, 0.717) is 13.0 Å². The van der Waals surface area contributed by atoms with E-state index in [1.165, 1.54) is 0 Å². The molecule has 0 amide bonds. The normalized spacial score (nSPS) is 26.3. The average molecular weight is 131 g/mol. The highest BCUT2D eigenvalue weighted by molar-refractivity contribution is 5.76. The zero-order chi connectivity index (χ0) is 6.69. The van der Waals surface area contributed by atoms with Crippen molar-refractivity contribution < 1.29 is 14.4 Å². The predicted molar refractivity (Wildman–Crippen MR) is 29.5 cm³/mol. The molecule has 1 fully saturated rings. The molecule has 0 aromatic heterocycles. The van der Waals surface area contributed by atoms with Gasteiger partial charge in [0, 0.05) is 13.5 Å². The number of esters is 1. The average Bonchev–Trinajstić information content (AvgIpc) is 2.18. The number of carbonyl (C=O) groups is 1. The molecule has 1 aliphatic rings. The number of hydroxylamine groups is 1. The number of ether oxygens (including phenoxy) is 1. The van der Waals surface area contributed by atoms with Crippen LogP contribution < -0.4 is 5.48 Å². The van der Waals surface area contributed by atoms with Crippen molar-refractivity contribution in [2.24, 2.45) is 0 Å². The molecular formula is C5H9NO3. The maximum absolute atomic E-state index is 10.6. The van der Waals surface area contributed by atoms with Gasteiger partial charge in [-0.25, -0.2) is 10.3 Å².